The second-order valence-electron chi connectivity index (χ2n) is 6.82. The topological polar surface area (TPSA) is 57.8 Å². The average Bonchev–Trinajstić information content (AvgIpc) is 3.10. The second kappa shape index (κ2) is 8.69. The van der Waals surface area contributed by atoms with Crippen LogP contribution in [0.4, 0.5) is 5.69 Å². The van der Waals surface area contributed by atoms with Crippen molar-refractivity contribution >= 4 is 45.7 Å². The van der Waals surface area contributed by atoms with Crippen LogP contribution in [-0.2, 0) is 11.3 Å². The highest BCUT2D eigenvalue weighted by atomic mass is 35.5. The fourth-order valence-electron chi connectivity index (χ4n) is 3.39. The number of carbonyl (C=O) groups excluding carboxylic acids is 1. The number of rotatable bonds is 5. The van der Waals surface area contributed by atoms with Crippen LogP contribution in [0.3, 0.4) is 0 Å². The Kier molecular flexibility index (Phi) is 5.65. The number of allylic oxidation sites excluding steroid dienone is 1. The molecular weight excluding hydrogens is 394 g/mol. The van der Waals surface area contributed by atoms with Crippen molar-refractivity contribution in [2.45, 2.75) is 6.54 Å². The molecule has 146 valence electrons. The van der Waals surface area contributed by atoms with Gasteiger partial charge in [0.25, 0.3) is 0 Å². The van der Waals surface area contributed by atoms with E-state index in [0.717, 1.165) is 27.7 Å². The van der Waals surface area contributed by atoms with Crippen LogP contribution in [0, 0.1) is 11.3 Å². The van der Waals surface area contributed by atoms with Crippen molar-refractivity contribution in [2.24, 2.45) is 0 Å². The Hall–Kier alpha value is -3.81. The summed E-state index contributed by atoms with van der Waals surface area (Å²) in [6, 6.07) is 26.7. The minimum absolute atomic E-state index is 0.118. The third kappa shape index (κ3) is 4.27. The van der Waals surface area contributed by atoms with E-state index in [4.69, 9.17) is 11.6 Å². The van der Waals surface area contributed by atoms with Gasteiger partial charge in [0.15, 0.2) is 0 Å². The van der Waals surface area contributed by atoms with Gasteiger partial charge < -0.3 is 9.88 Å². The molecule has 1 N–H and O–H groups in total. The molecule has 0 fully saturated rings. The maximum absolute atomic E-state index is 12.6. The fraction of sp³-hybridized carbons (Fsp3) is 0.0400. The van der Waals surface area contributed by atoms with Crippen molar-refractivity contribution in [3.63, 3.8) is 0 Å². The maximum Gasteiger partial charge on any atom is 0.244 e. The number of halogens is 1. The van der Waals surface area contributed by atoms with E-state index < -0.39 is 0 Å². The molecule has 0 saturated heterocycles. The van der Waals surface area contributed by atoms with E-state index in [9.17, 15) is 10.1 Å². The molecule has 1 heterocycles. The minimum Gasteiger partial charge on any atom is -0.337 e. The Morgan fingerprint density at radius 3 is 2.57 bits per heavy atom. The third-order valence-corrected chi connectivity index (χ3v) is 4.98. The number of nitriles is 1. The van der Waals surface area contributed by atoms with E-state index in [2.05, 4.69) is 11.4 Å². The van der Waals surface area contributed by atoms with Crippen molar-refractivity contribution in [1.82, 2.24) is 4.57 Å². The standard InChI is InChI=1S/C25H18ClN3O/c26-21-8-6-7-18(14-21)19(15-27)13-20-16-29(24-12-5-4-11-23(20)24)17-25(30)28-22-9-2-1-3-10-22/h1-14,16H,17H2,(H,28,30)/b19-13+. The van der Waals surface area contributed by atoms with E-state index in [0.29, 0.717) is 10.6 Å². The lowest BCUT2D eigenvalue weighted by atomic mass is 10.0. The molecule has 0 atom stereocenters. The smallest absolute Gasteiger partial charge is 0.244 e. The Morgan fingerprint density at radius 1 is 1.03 bits per heavy atom. The monoisotopic (exact) mass is 411 g/mol. The first-order chi connectivity index (χ1) is 14.6. The van der Waals surface area contributed by atoms with Gasteiger partial charge in [-0.05, 0) is 42.0 Å². The highest BCUT2D eigenvalue weighted by molar-refractivity contribution is 6.30. The number of aromatic nitrogens is 1. The summed E-state index contributed by atoms with van der Waals surface area (Å²) < 4.78 is 1.90. The third-order valence-electron chi connectivity index (χ3n) is 4.75. The molecule has 3 aromatic carbocycles. The number of hydrogen-bond acceptors (Lipinski definition) is 2. The first-order valence-corrected chi connectivity index (χ1v) is 9.82. The lowest BCUT2D eigenvalue weighted by Crippen LogP contribution is -2.18. The maximum atomic E-state index is 12.6. The molecule has 4 nitrogen and oxygen atoms in total. The van der Waals surface area contributed by atoms with Crippen LogP contribution in [0.1, 0.15) is 11.1 Å². The number of nitrogens with one attached hydrogen (secondary N) is 1. The van der Waals surface area contributed by atoms with Gasteiger partial charge >= 0.3 is 0 Å². The molecule has 4 rings (SSSR count). The lowest BCUT2D eigenvalue weighted by molar-refractivity contribution is -0.116. The van der Waals surface area contributed by atoms with Gasteiger partial charge in [0.1, 0.15) is 6.54 Å². The van der Waals surface area contributed by atoms with Crippen molar-refractivity contribution in [3.05, 3.63) is 101 Å². The molecule has 0 radical (unpaired) electrons. The quantitative estimate of drug-likeness (QED) is 0.409. The van der Waals surface area contributed by atoms with Gasteiger partial charge in [0.05, 0.1) is 11.6 Å². The van der Waals surface area contributed by atoms with Crippen LogP contribution >= 0.6 is 11.6 Å². The Labute approximate surface area is 179 Å². The van der Waals surface area contributed by atoms with Gasteiger partial charge in [0.2, 0.25) is 5.91 Å². The summed E-state index contributed by atoms with van der Waals surface area (Å²) in [5.74, 6) is -0.118. The van der Waals surface area contributed by atoms with Gasteiger partial charge in [-0.3, -0.25) is 4.79 Å². The molecule has 0 aliphatic rings. The molecule has 0 bridgehead atoms. The highest BCUT2D eigenvalue weighted by Gasteiger charge is 2.11. The SMILES string of the molecule is N#C/C(=C\c1cn(CC(=O)Nc2ccccc2)c2ccccc12)c1cccc(Cl)c1. The zero-order valence-electron chi connectivity index (χ0n) is 16.0. The fourth-order valence-corrected chi connectivity index (χ4v) is 3.58. The molecule has 1 aromatic heterocycles. The molecule has 0 aliphatic heterocycles. The highest BCUT2D eigenvalue weighted by Crippen LogP contribution is 2.27. The van der Waals surface area contributed by atoms with Gasteiger partial charge in [0, 0.05) is 33.4 Å². The summed E-state index contributed by atoms with van der Waals surface area (Å²) in [5.41, 5.74) is 3.81. The molecule has 4 aromatic rings. The molecule has 1 amide bonds. The van der Waals surface area contributed by atoms with Crippen molar-refractivity contribution in [2.75, 3.05) is 5.32 Å². The largest absolute Gasteiger partial charge is 0.337 e. The normalized spacial score (nSPS) is 11.3. The van der Waals surface area contributed by atoms with Crippen LogP contribution in [-0.4, -0.2) is 10.5 Å². The predicted octanol–water partition coefficient (Wildman–Crippen LogP) is 6.00. The van der Waals surface area contributed by atoms with Crippen LogP contribution in [0.15, 0.2) is 85.1 Å². The number of para-hydroxylation sites is 2. The van der Waals surface area contributed by atoms with Gasteiger partial charge in [-0.25, -0.2) is 0 Å². The van der Waals surface area contributed by atoms with Gasteiger partial charge in [-0.2, -0.15) is 5.26 Å². The average molecular weight is 412 g/mol. The second-order valence-corrected chi connectivity index (χ2v) is 7.26. The van der Waals surface area contributed by atoms with E-state index in [1.165, 1.54) is 0 Å². The van der Waals surface area contributed by atoms with Crippen molar-refractivity contribution in [3.8, 4) is 6.07 Å². The molecule has 0 aliphatic carbocycles. The van der Waals surface area contributed by atoms with Gasteiger partial charge in [-0.1, -0.05) is 60.1 Å². The van der Waals surface area contributed by atoms with Gasteiger partial charge in [-0.15, -0.1) is 0 Å². The number of anilines is 1. The summed E-state index contributed by atoms with van der Waals surface area (Å²) in [4.78, 5) is 12.6. The van der Waals surface area contributed by atoms with Crippen LogP contribution in [0.2, 0.25) is 5.02 Å². The minimum atomic E-state index is -0.118. The predicted molar refractivity (Wildman–Crippen MR) is 122 cm³/mol. The summed E-state index contributed by atoms with van der Waals surface area (Å²) in [6.07, 6.45) is 3.73. The molecule has 30 heavy (non-hydrogen) atoms. The molecule has 0 unspecified atom stereocenters. The van der Waals surface area contributed by atoms with Crippen molar-refractivity contribution < 1.29 is 4.79 Å². The van der Waals surface area contributed by atoms with Crippen LogP contribution in [0.5, 0.6) is 0 Å². The Morgan fingerprint density at radius 2 is 1.80 bits per heavy atom. The first-order valence-electron chi connectivity index (χ1n) is 9.44. The number of carbonyl (C=O) groups is 1. The Bertz CT molecular complexity index is 1280. The molecule has 0 spiro atoms. The zero-order chi connectivity index (χ0) is 20.9. The molecular formula is C25H18ClN3O. The molecule has 0 saturated carbocycles. The van der Waals surface area contributed by atoms with Crippen molar-refractivity contribution in [1.29, 1.82) is 5.26 Å². The van der Waals surface area contributed by atoms with Crippen LogP contribution in [0.25, 0.3) is 22.6 Å². The lowest BCUT2D eigenvalue weighted by Gasteiger charge is -2.07. The molecule has 5 heteroatoms. The van der Waals surface area contributed by atoms with E-state index in [1.807, 2.05) is 83.6 Å². The number of hydrogen-bond donors (Lipinski definition) is 1. The summed E-state index contributed by atoms with van der Waals surface area (Å²) in [6.45, 7) is 0.169. The summed E-state index contributed by atoms with van der Waals surface area (Å²) >= 11 is 6.09. The van der Waals surface area contributed by atoms with E-state index >= 15 is 0 Å². The number of benzene rings is 3. The van der Waals surface area contributed by atoms with E-state index in [1.54, 1.807) is 12.1 Å². The van der Waals surface area contributed by atoms with Crippen LogP contribution < -0.4 is 5.32 Å². The first kappa shape index (κ1) is 19.5. The summed E-state index contributed by atoms with van der Waals surface area (Å²) in [5, 5.41) is 14.1. The van der Waals surface area contributed by atoms with E-state index in [-0.39, 0.29) is 12.5 Å². The summed E-state index contributed by atoms with van der Waals surface area (Å²) in [7, 11) is 0. The number of amides is 1. The number of nitrogens with zero attached hydrogens (tertiary/aromatic N) is 2. The zero-order valence-corrected chi connectivity index (χ0v) is 16.8. The number of fused-ring (bicyclic) bond motifs is 1. The Balaban J connectivity index is 1.68.